The summed E-state index contributed by atoms with van der Waals surface area (Å²) in [5, 5.41) is 10.0. The molecule has 6 heteroatoms. The molecular formula is C18H22O4S2. The number of aryl methyl sites for hydroxylation is 1. The number of rotatable bonds is 10. The monoisotopic (exact) mass is 366 g/mol. The highest BCUT2D eigenvalue weighted by Crippen LogP contribution is 2.21. The molecule has 0 fully saturated rings. The van der Waals surface area contributed by atoms with Crippen LogP contribution in [0.15, 0.2) is 52.7 Å². The normalized spacial score (nSPS) is 12.8. The maximum Gasteiger partial charge on any atom is 0.322 e. The van der Waals surface area contributed by atoms with E-state index >= 15 is 0 Å². The number of sulfone groups is 1. The van der Waals surface area contributed by atoms with Crippen molar-refractivity contribution in [2.75, 3.05) is 0 Å². The first-order valence-corrected chi connectivity index (χ1v) is 10.5. The van der Waals surface area contributed by atoms with Crippen LogP contribution in [0.1, 0.15) is 37.0 Å². The average Bonchev–Trinajstić information content (AvgIpc) is 3.07. The molecule has 1 atom stereocenters. The molecule has 0 saturated heterocycles. The molecule has 0 bridgehead atoms. The molecule has 1 unspecified atom stereocenters. The Morgan fingerprint density at radius 3 is 2.33 bits per heavy atom. The van der Waals surface area contributed by atoms with Gasteiger partial charge in [-0.05, 0) is 42.8 Å². The summed E-state index contributed by atoms with van der Waals surface area (Å²) in [7, 11) is -3.83. The number of aliphatic carboxylic acids is 1. The van der Waals surface area contributed by atoms with Crippen molar-refractivity contribution in [1.29, 1.82) is 0 Å². The standard InChI is InChI=1S/C18H22O4S2/c19-18(20)17(24(21,22)16-11-5-3-6-12-16)13-7-2-1-4-9-15-10-8-14-23-15/h3,5-6,8,10-12,14,17H,1-2,4,7,9,13H2,(H,19,20). The second-order valence-electron chi connectivity index (χ2n) is 5.72. The van der Waals surface area contributed by atoms with Crippen molar-refractivity contribution in [3.8, 4) is 0 Å². The molecule has 0 aliphatic heterocycles. The van der Waals surface area contributed by atoms with E-state index in [1.54, 1.807) is 29.5 Å². The van der Waals surface area contributed by atoms with Crippen LogP contribution in [0.3, 0.4) is 0 Å². The third-order valence-corrected chi connectivity index (χ3v) is 6.99. The molecular weight excluding hydrogens is 344 g/mol. The molecule has 0 amide bonds. The first-order chi connectivity index (χ1) is 11.5. The maximum absolute atomic E-state index is 12.5. The topological polar surface area (TPSA) is 71.4 Å². The predicted molar refractivity (Wildman–Crippen MR) is 96.2 cm³/mol. The van der Waals surface area contributed by atoms with Crippen LogP contribution < -0.4 is 0 Å². The van der Waals surface area contributed by atoms with Gasteiger partial charge in [-0.2, -0.15) is 0 Å². The van der Waals surface area contributed by atoms with E-state index in [1.807, 2.05) is 6.07 Å². The summed E-state index contributed by atoms with van der Waals surface area (Å²) in [5.41, 5.74) is 0. The molecule has 2 rings (SSSR count). The van der Waals surface area contributed by atoms with Crippen molar-refractivity contribution in [3.63, 3.8) is 0 Å². The highest BCUT2D eigenvalue weighted by molar-refractivity contribution is 7.92. The zero-order chi connectivity index (χ0) is 17.4. The summed E-state index contributed by atoms with van der Waals surface area (Å²) in [6, 6.07) is 12.0. The smallest absolute Gasteiger partial charge is 0.322 e. The lowest BCUT2D eigenvalue weighted by atomic mass is 10.1. The van der Waals surface area contributed by atoms with Crippen LogP contribution in [0.25, 0.3) is 0 Å². The molecule has 0 saturated carbocycles. The zero-order valence-corrected chi connectivity index (χ0v) is 15.1. The number of carboxylic acids is 1. The van der Waals surface area contributed by atoms with Crippen molar-refractivity contribution in [3.05, 3.63) is 52.7 Å². The Labute approximate surface area is 147 Å². The van der Waals surface area contributed by atoms with Gasteiger partial charge in [0.25, 0.3) is 0 Å². The van der Waals surface area contributed by atoms with E-state index in [0.29, 0.717) is 6.42 Å². The molecule has 4 nitrogen and oxygen atoms in total. The van der Waals surface area contributed by atoms with Gasteiger partial charge in [-0.3, -0.25) is 4.79 Å². The van der Waals surface area contributed by atoms with Gasteiger partial charge in [0.2, 0.25) is 0 Å². The quantitative estimate of drug-likeness (QED) is 0.641. The lowest BCUT2D eigenvalue weighted by Gasteiger charge is -2.13. The number of carbonyl (C=O) groups is 1. The SMILES string of the molecule is O=C(O)C(CCCCCCc1cccs1)S(=O)(=O)c1ccccc1. The Morgan fingerprint density at radius 2 is 1.71 bits per heavy atom. The number of benzene rings is 1. The van der Waals surface area contributed by atoms with Gasteiger partial charge in [-0.15, -0.1) is 11.3 Å². The molecule has 0 spiro atoms. The molecule has 1 N–H and O–H groups in total. The van der Waals surface area contributed by atoms with Crippen LogP contribution in [0, 0.1) is 0 Å². The second-order valence-corrected chi connectivity index (χ2v) is 8.88. The van der Waals surface area contributed by atoms with Gasteiger partial charge in [0.1, 0.15) is 0 Å². The molecule has 2 aromatic rings. The first-order valence-electron chi connectivity index (χ1n) is 8.06. The molecule has 0 radical (unpaired) electrons. The minimum absolute atomic E-state index is 0.0788. The Bertz CT molecular complexity index is 722. The summed E-state index contributed by atoms with van der Waals surface area (Å²) in [4.78, 5) is 12.8. The Balaban J connectivity index is 1.82. The molecule has 0 aliphatic rings. The fraction of sp³-hybridized carbons (Fsp3) is 0.389. The number of hydrogen-bond acceptors (Lipinski definition) is 4. The number of hydrogen-bond donors (Lipinski definition) is 1. The van der Waals surface area contributed by atoms with Gasteiger partial charge < -0.3 is 5.11 Å². The van der Waals surface area contributed by atoms with Gasteiger partial charge >= 0.3 is 5.97 Å². The number of unbranched alkanes of at least 4 members (excludes halogenated alkanes) is 3. The molecule has 1 heterocycles. The Morgan fingerprint density at radius 1 is 1.00 bits per heavy atom. The number of carboxylic acid groups (broad SMARTS) is 1. The third kappa shape index (κ3) is 5.18. The van der Waals surface area contributed by atoms with Crippen molar-refractivity contribution in [2.24, 2.45) is 0 Å². The second kappa shape index (κ2) is 8.99. The molecule has 0 aliphatic carbocycles. The summed E-state index contributed by atoms with van der Waals surface area (Å²) >= 11 is 1.74. The van der Waals surface area contributed by atoms with Crippen molar-refractivity contribution < 1.29 is 18.3 Å². The van der Waals surface area contributed by atoms with Gasteiger partial charge in [-0.25, -0.2) is 8.42 Å². The minimum atomic E-state index is -3.83. The zero-order valence-electron chi connectivity index (χ0n) is 13.4. The highest BCUT2D eigenvalue weighted by atomic mass is 32.2. The molecule has 130 valence electrons. The van der Waals surface area contributed by atoms with Crippen LogP contribution in [0.4, 0.5) is 0 Å². The third-order valence-electron chi connectivity index (χ3n) is 3.94. The van der Waals surface area contributed by atoms with Crippen LogP contribution in [0.2, 0.25) is 0 Å². The van der Waals surface area contributed by atoms with Crippen molar-refractivity contribution >= 4 is 27.1 Å². The van der Waals surface area contributed by atoms with E-state index in [4.69, 9.17) is 0 Å². The molecule has 24 heavy (non-hydrogen) atoms. The fourth-order valence-electron chi connectivity index (χ4n) is 2.62. The minimum Gasteiger partial charge on any atom is -0.480 e. The Hall–Kier alpha value is -1.66. The van der Waals surface area contributed by atoms with Crippen LogP contribution in [-0.2, 0) is 21.1 Å². The summed E-state index contributed by atoms with van der Waals surface area (Å²) in [6.07, 6.45) is 4.67. The van der Waals surface area contributed by atoms with E-state index < -0.39 is 21.1 Å². The van der Waals surface area contributed by atoms with E-state index in [0.717, 1.165) is 25.7 Å². The van der Waals surface area contributed by atoms with E-state index in [2.05, 4.69) is 11.4 Å². The molecule has 1 aromatic heterocycles. The van der Waals surface area contributed by atoms with Gasteiger partial charge in [0, 0.05) is 4.88 Å². The maximum atomic E-state index is 12.5. The van der Waals surface area contributed by atoms with Gasteiger partial charge in [0.05, 0.1) is 4.90 Å². The lowest BCUT2D eigenvalue weighted by Crippen LogP contribution is -2.30. The Kier molecular flexibility index (Phi) is 6.99. The van der Waals surface area contributed by atoms with Gasteiger partial charge in [-0.1, -0.05) is 43.5 Å². The van der Waals surface area contributed by atoms with Crippen LogP contribution in [0.5, 0.6) is 0 Å². The summed E-state index contributed by atoms with van der Waals surface area (Å²) < 4.78 is 24.9. The first kappa shape index (κ1) is 18.7. The van der Waals surface area contributed by atoms with Gasteiger partial charge in [0.15, 0.2) is 15.1 Å². The fourth-order valence-corrected chi connectivity index (χ4v) is 4.98. The van der Waals surface area contributed by atoms with Crippen molar-refractivity contribution in [1.82, 2.24) is 0 Å². The van der Waals surface area contributed by atoms with Crippen molar-refractivity contribution in [2.45, 2.75) is 48.7 Å². The van der Waals surface area contributed by atoms with E-state index in [1.165, 1.54) is 17.0 Å². The average molecular weight is 367 g/mol. The molecule has 1 aromatic carbocycles. The van der Waals surface area contributed by atoms with Crippen LogP contribution >= 0.6 is 11.3 Å². The van der Waals surface area contributed by atoms with E-state index in [-0.39, 0.29) is 11.3 Å². The highest BCUT2D eigenvalue weighted by Gasteiger charge is 2.33. The van der Waals surface area contributed by atoms with Crippen LogP contribution in [-0.4, -0.2) is 24.7 Å². The largest absolute Gasteiger partial charge is 0.480 e. The predicted octanol–water partition coefficient (Wildman–Crippen LogP) is 4.17. The summed E-state index contributed by atoms with van der Waals surface area (Å²) in [6.45, 7) is 0. The number of thiophene rings is 1. The lowest BCUT2D eigenvalue weighted by molar-refractivity contribution is -0.136. The van der Waals surface area contributed by atoms with E-state index in [9.17, 15) is 18.3 Å². The summed E-state index contributed by atoms with van der Waals surface area (Å²) in [5.74, 6) is -1.27.